The topological polar surface area (TPSA) is 46.2 Å². The lowest BCUT2D eigenvalue weighted by molar-refractivity contribution is -0.0905. The number of aliphatic hydroxyl groups excluding tert-OH is 1. The van der Waals surface area contributed by atoms with Crippen LogP contribution in [-0.4, -0.2) is 17.8 Å². The fourth-order valence-electron chi connectivity index (χ4n) is 7.74. The Bertz CT molecular complexity index is 659. The zero-order chi connectivity index (χ0) is 18.9. The lowest BCUT2D eigenvalue weighted by Crippen LogP contribution is -2.53. The van der Waals surface area contributed by atoms with E-state index in [2.05, 4.69) is 40.7 Å². The molecule has 2 nitrogen and oxygen atoms in total. The van der Waals surface area contributed by atoms with Gasteiger partial charge in [0.2, 0.25) is 0 Å². The largest absolute Gasteiger partial charge is 0.393 e. The van der Waals surface area contributed by atoms with E-state index in [4.69, 9.17) is 5.73 Å². The predicted molar refractivity (Wildman–Crippen MR) is 109 cm³/mol. The van der Waals surface area contributed by atoms with E-state index in [-0.39, 0.29) is 16.9 Å². The van der Waals surface area contributed by atoms with Gasteiger partial charge in [0.1, 0.15) is 0 Å². The van der Waals surface area contributed by atoms with Crippen molar-refractivity contribution in [2.45, 2.75) is 85.7 Å². The maximum absolute atomic E-state index is 10.7. The second-order valence-corrected chi connectivity index (χ2v) is 10.9. The Morgan fingerprint density at radius 2 is 1.85 bits per heavy atom. The number of fused-ring (bicyclic) bond motifs is 4. The van der Waals surface area contributed by atoms with Crippen molar-refractivity contribution in [1.29, 1.82) is 0 Å². The molecule has 0 aromatic carbocycles. The second-order valence-electron chi connectivity index (χ2n) is 10.9. The lowest BCUT2D eigenvalue weighted by Gasteiger charge is -2.59. The number of allylic oxidation sites excluding steroid dienone is 4. The number of nitrogens with two attached hydrogens (primary N) is 1. The van der Waals surface area contributed by atoms with Gasteiger partial charge in [0.25, 0.3) is 0 Å². The minimum atomic E-state index is -0.142. The van der Waals surface area contributed by atoms with Crippen LogP contribution in [0, 0.1) is 34.0 Å². The summed E-state index contributed by atoms with van der Waals surface area (Å²) in [6, 6.07) is 0. The summed E-state index contributed by atoms with van der Waals surface area (Å²) in [7, 11) is 0. The summed E-state index contributed by atoms with van der Waals surface area (Å²) in [6.45, 7) is 12.8. The zero-order valence-electron chi connectivity index (χ0n) is 17.6. The molecule has 4 rings (SSSR count). The van der Waals surface area contributed by atoms with E-state index in [1.165, 1.54) is 32.1 Å². The first-order valence-electron chi connectivity index (χ1n) is 11.0. The van der Waals surface area contributed by atoms with Gasteiger partial charge in [0, 0.05) is 0 Å². The Labute approximate surface area is 160 Å². The molecule has 0 spiro atoms. The van der Waals surface area contributed by atoms with Gasteiger partial charge in [-0.3, -0.25) is 0 Å². The molecule has 0 radical (unpaired) electrons. The Morgan fingerprint density at radius 3 is 2.54 bits per heavy atom. The van der Waals surface area contributed by atoms with Gasteiger partial charge in [-0.05, 0) is 96.6 Å². The van der Waals surface area contributed by atoms with Crippen molar-refractivity contribution in [3.8, 4) is 0 Å². The Kier molecular flexibility index (Phi) is 4.29. The summed E-state index contributed by atoms with van der Waals surface area (Å²) in [5.41, 5.74) is 11.9. The fraction of sp³-hybridized carbons (Fsp3) is 0.833. The van der Waals surface area contributed by atoms with Crippen molar-refractivity contribution in [2.24, 2.45) is 39.7 Å². The minimum Gasteiger partial charge on any atom is -0.393 e. The molecular weight excluding hydrogens is 318 g/mol. The van der Waals surface area contributed by atoms with Crippen LogP contribution in [-0.2, 0) is 0 Å². The standard InChI is InChI=1S/C24H39NO/c1-15(14-25)17-7-8-18-16-6-9-20-22(2,3)21(26)11-13-24(20,5)19(16)10-12-23(17,18)4/h8,15,17,20-21,26H,6-7,9-14,25H2,1-5H3/t15-,17+,20-,21-,23+,24+/m0/s1. The van der Waals surface area contributed by atoms with E-state index in [0.717, 1.165) is 19.4 Å². The molecule has 26 heavy (non-hydrogen) atoms. The van der Waals surface area contributed by atoms with Gasteiger partial charge < -0.3 is 10.8 Å². The van der Waals surface area contributed by atoms with Crippen LogP contribution in [0.4, 0.5) is 0 Å². The van der Waals surface area contributed by atoms with Crippen molar-refractivity contribution < 1.29 is 5.11 Å². The first-order chi connectivity index (χ1) is 12.2. The van der Waals surface area contributed by atoms with Crippen molar-refractivity contribution in [3.63, 3.8) is 0 Å². The smallest absolute Gasteiger partial charge is 0.0594 e. The normalized spacial score (nSPS) is 45.5. The maximum atomic E-state index is 10.7. The molecule has 1 saturated carbocycles. The van der Waals surface area contributed by atoms with E-state index in [0.29, 0.717) is 23.2 Å². The summed E-state index contributed by atoms with van der Waals surface area (Å²) in [5.74, 6) is 1.93. The van der Waals surface area contributed by atoms with E-state index in [1.807, 2.05) is 0 Å². The van der Waals surface area contributed by atoms with Crippen LogP contribution in [0.15, 0.2) is 22.8 Å². The van der Waals surface area contributed by atoms with Crippen LogP contribution < -0.4 is 5.73 Å². The Hall–Kier alpha value is -0.600. The molecule has 0 amide bonds. The van der Waals surface area contributed by atoms with E-state index in [1.54, 1.807) is 16.7 Å². The third-order valence-corrected chi connectivity index (χ3v) is 9.49. The molecule has 0 aromatic rings. The molecule has 1 fully saturated rings. The fourth-order valence-corrected chi connectivity index (χ4v) is 7.74. The van der Waals surface area contributed by atoms with E-state index in [9.17, 15) is 5.11 Å². The molecule has 0 aliphatic heterocycles. The Balaban J connectivity index is 1.74. The highest BCUT2D eigenvalue weighted by Crippen LogP contribution is 2.66. The summed E-state index contributed by atoms with van der Waals surface area (Å²) >= 11 is 0. The lowest BCUT2D eigenvalue weighted by atomic mass is 9.46. The number of aliphatic hydroxyl groups is 1. The van der Waals surface area contributed by atoms with Crippen molar-refractivity contribution in [3.05, 3.63) is 22.8 Å². The highest BCUT2D eigenvalue weighted by atomic mass is 16.3. The SMILES string of the molecule is C[C@@H](CN)[C@H]1CC=C2C3=C(CC[C@@]21C)[C@@]1(C)CC[C@H](O)C(C)(C)[C@@H]1CC3. The van der Waals surface area contributed by atoms with E-state index < -0.39 is 0 Å². The average Bonchev–Trinajstić information content (AvgIpc) is 2.95. The molecule has 0 unspecified atom stereocenters. The second kappa shape index (κ2) is 5.95. The number of rotatable bonds is 2. The average molecular weight is 358 g/mol. The first kappa shape index (κ1) is 18.7. The third kappa shape index (κ3) is 2.30. The van der Waals surface area contributed by atoms with Crippen LogP contribution in [0.2, 0.25) is 0 Å². The van der Waals surface area contributed by atoms with Crippen LogP contribution in [0.1, 0.15) is 79.6 Å². The molecule has 4 aliphatic carbocycles. The van der Waals surface area contributed by atoms with Gasteiger partial charge in [-0.1, -0.05) is 46.3 Å². The van der Waals surface area contributed by atoms with Crippen molar-refractivity contribution in [2.75, 3.05) is 6.54 Å². The van der Waals surface area contributed by atoms with E-state index >= 15 is 0 Å². The quantitative estimate of drug-likeness (QED) is 0.711. The first-order valence-corrected chi connectivity index (χ1v) is 11.0. The molecule has 6 atom stereocenters. The van der Waals surface area contributed by atoms with Crippen LogP contribution in [0.3, 0.4) is 0 Å². The molecule has 0 heterocycles. The molecule has 0 bridgehead atoms. The molecule has 0 saturated heterocycles. The zero-order valence-corrected chi connectivity index (χ0v) is 17.6. The predicted octanol–water partition coefficient (Wildman–Crippen LogP) is 5.22. The van der Waals surface area contributed by atoms with Gasteiger partial charge in [0.05, 0.1) is 6.10 Å². The highest BCUT2D eigenvalue weighted by Gasteiger charge is 2.57. The van der Waals surface area contributed by atoms with Crippen LogP contribution >= 0.6 is 0 Å². The summed E-state index contributed by atoms with van der Waals surface area (Å²) in [4.78, 5) is 0. The van der Waals surface area contributed by atoms with Crippen molar-refractivity contribution in [1.82, 2.24) is 0 Å². The molecule has 146 valence electrons. The molecule has 3 N–H and O–H groups in total. The third-order valence-electron chi connectivity index (χ3n) is 9.49. The Morgan fingerprint density at radius 1 is 1.12 bits per heavy atom. The summed E-state index contributed by atoms with van der Waals surface area (Å²) in [5, 5.41) is 10.7. The van der Waals surface area contributed by atoms with Crippen molar-refractivity contribution >= 4 is 0 Å². The van der Waals surface area contributed by atoms with Crippen LogP contribution in [0.25, 0.3) is 0 Å². The maximum Gasteiger partial charge on any atom is 0.0594 e. The van der Waals surface area contributed by atoms with Crippen LogP contribution in [0.5, 0.6) is 0 Å². The number of hydrogen-bond donors (Lipinski definition) is 2. The summed E-state index contributed by atoms with van der Waals surface area (Å²) < 4.78 is 0. The summed E-state index contributed by atoms with van der Waals surface area (Å²) in [6.07, 6.45) is 10.8. The highest BCUT2D eigenvalue weighted by molar-refractivity contribution is 5.49. The molecular formula is C24H39NO. The minimum absolute atomic E-state index is 0.0347. The monoisotopic (exact) mass is 357 g/mol. The van der Waals surface area contributed by atoms with Gasteiger partial charge >= 0.3 is 0 Å². The number of hydrogen-bond acceptors (Lipinski definition) is 2. The molecule has 0 aromatic heterocycles. The molecule has 2 heteroatoms. The van der Waals surface area contributed by atoms with Gasteiger partial charge in [-0.25, -0.2) is 0 Å². The van der Waals surface area contributed by atoms with Gasteiger partial charge in [-0.2, -0.15) is 0 Å². The molecule has 4 aliphatic rings. The van der Waals surface area contributed by atoms with Gasteiger partial charge in [0.15, 0.2) is 0 Å². The van der Waals surface area contributed by atoms with Gasteiger partial charge in [-0.15, -0.1) is 0 Å².